The molecule has 2 aromatic rings. The number of methoxy groups -OCH3 is 1. The molecule has 0 saturated carbocycles. The maximum atomic E-state index is 6.06. The lowest BCUT2D eigenvalue weighted by Crippen LogP contribution is -2.40. The normalized spacial score (nSPS) is 15.9. The van der Waals surface area contributed by atoms with E-state index in [2.05, 4.69) is 32.2 Å². The number of fused-ring (bicyclic) bond motifs is 1. The van der Waals surface area contributed by atoms with Crippen LogP contribution < -0.4 is 24.3 Å². The van der Waals surface area contributed by atoms with Crippen molar-refractivity contribution < 1.29 is 23.7 Å². The van der Waals surface area contributed by atoms with Gasteiger partial charge in [-0.25, -0.2) is 0 Å². The third kappa shape index (κ3) is 5.37. The minimum Gasteiger partial charge on any atom is -0.493 e. The summed E-state index contributed by atoms with van der Waals surface area (Å²) in [5.74, 6) is 2.91. The Morgan fingerprint density at radius 1 is 1.07 bits per heavy atom. The van der Waals surface area contributed by atoms with Crippen molar-refractivity contribution in [2.75, 3.05) is 53.3 Å². The van der Waals surface area contributed by atoms with Gasteiger partial charge in [0.2, 0.25) is 6.79 Å². The molecule has 2 heterocycles. The lowest BCUT2D eigenvalue weighted by atomic mass is 10.2. The van der Waals surface area contributed by atoms with Crippen LogP contribution in [0.15, 0.2) is 34.8 Å². The zero-order valence-electron chi connectivity index (χ0n) is 17.1. The van der Waals surface area contributed by atoms with E-state index in [1.807, 2.05) is 24.3 Å². The molecule has 0 spiro atoms. The van der Waals surface area contributed by atoms with E-state index in [1.54, 1.807) is 7.11 Å². The fourth-order valence-electron chi connectivity index (χ4n) is 3.50. The molecule has 0 radical (unpaired) electrons. The molecule has 0 bridgehead atoms. The summed E-state index contributed by atoms with van der Waals surface area (Å²) >= 11 is 3.63. The van der Waals surface area contributed by atoms with Gasteiger partial charge in [0.15, 0.2) is 23.0 Å². The molecule has 162 valence electrons. The summed E-state index contributed by atoms with van der Waals surface area (Å²) in [6.07, 6.45) is 0. The summed E-state index contributed by atoms with van der Waals surface area (Å²) in [6.45, 7) is 7.08. The van der Waals surface area contributed by atoms with Gasteiger partial charge in [0.25, 0.3) is 0 Å². The number of nitrogens with zero attached hydrogens (tertiary/aromatic N) is 1. The predicted molar refractivity (Wildman–Crippen MR) is 117 cm³/mol. The van der Waals surface area contributed by atoms with Gasteiger partial charge in [-0.2, -0.15) is 0 Å². The van der Waals surface area contributed by atoms with E-state index >= 15 is 0 Å². The molecular formula is C22H27BrN2O5. The summed E-state index contributed by atoms with van der Waals surface area (Å²) in [5.41, 5.74) is 2.14. The van der Waals surface area contributed by atoms with Crippen LogP contribution in [0.25, 0.3) is 0 Å². The maximum Gasteiger partial charge on any atom is 0.231 e. The summed E-state index contributed by atoms with van der Waals surface area (Å²) in [5, 5.41) is 3.50. The molecule has 0 unspecified atom stereocenters. The summed E-state index contributed by atoms with van der Waals surface area (Å²) in [6, 6.07) is 9.90. The molecule has 0 aromatic heterocycles. The van der Waals surface area contributed by atoms with E-state index in [0.717, 1.165) is 73.0 Å². The fourth-order valence-corrected chi connectivity index (χ4v) is 4.10. The van der Waals surface area contributed by atoms with Gasteiger partial charge in [-0.3, -0.25) is 4.90 Å². The van der Waals surface area contributed by atoms with Crippen LogP contribution in [0.5, 0.6) is 23.0 Å². The average Bonchev–Trinajstić information content (AvgIpc) is 3.24. The smallest absolute Gasteiger partial charge is 0.231 e. The van der Waals surface area contributed by atoms with Crippen molar-refractivity contribution in [3.8, 4) is 23.0 Å². The van der Waals surface area contributed by atoms with Gasteiger partial charge < -0.3 is 29.0 Å². The van der Waals surface area contributed by atoms with Gasteiger partial charge in [0, 0.05) is 32.7 Å². The molecule has 30 heavy (non-hydrogen) atoms. The first-order chi connectivity index (χ1) is 14.7. The van der Waals surface area contributed by atoms with Crippen LogP contribution in [-0.4, -0.2) is 58.2 Å². The molecule has 2 aliphatic heterocycles. The van der Waals surface area contributed by atoms with E-state index < -0.39 is 0 Å². The third-order valence-electron chi connectivity index (χ3n) is 5.15. The minimum atomic E-state index is 0.265. The molecule has 8 heteroatoms. The second-order valence-electron chi connectivity index (χ2n) is 7.22. The Labute approximate surface area is 185 Å². The molecule has 0 atom stereocenters. The first-order valence-corrected chi connectivity index (χ1v) is 10.9. The maximum absolute atomic E-state index is 6.06. The van der Waals surface area contributed by atoms with Gasteiger partial charge >= 0.3 is 0 Å². The van der Waals surface area contributed by atoms with Crippen LogP contribution in [-0.2, 0) is 17.9 Å². The van der Waals surface area contributed by atoms with Gasteiger partial charge in [-0.1, -0.05) is 6.07 Å². The number of hydrogen-bond acceptors (Lipinski definition) is 7. The van der Waals surface area contributed by atoms with Crippen molar-refractivity contribution in [1.29, 1.82) is 0 Å². The van der Waals surface area contributed by atoms with Gasteiger partial charge in [-0.15, -0.1) is 0 Å². The molecule has 1 saturated heterocycles. The van der Waals surface area contributed by atoms with Crippen molar-refractivity contribution >= 4 is 15.9 Å². The number of hydrogen-bond donors (Lipinski definition) is 1. The number of rotatable bonds is 9. The minimum absolute atomic E-state index is 0.265. The first kappa shape index (κ1) is 21.2. The van der Waals surface area contributed by atoms with Crippen LogP contribution in [0.2, 0.25) is 0 Å². The first-order valence-electron chi connectivity index (χ1n) is 10.1. The van der Waals surface area contributed by atoms with Crippen molar-refractivity contribution in [3.05, 3.63) is 45.9 Å². The highest BCUT2D eigenvalue weighted by Gasteiger charge is 2.16. The molecule has 4 rings (SSSR count). The second kappa shape index (κ2) is 10.3. The van der Waals surface area contributed by atoms with Crippen LogP contribution in [0.3, 0.4) is 0 Å². The summed E-state index contributed by atoms with van der Waals surface area (Å²) in [7, 11) is 1.66. The molecule has 2 aliphatic rings. The van der Waals surface area contributed by atoms with Gasteiger partial charge in [0.1, 0.15) is 6.61 Å². The largest absolute Gasteiger partial charge is 0.493 e. The highest BCUT2D eigenvalue weighted by Crippen LogP contribution is 2.38. The van der Waals surface area contributed by atoms with E-state index in [-0.39, 0.29) is 6.79 Å². The molecular weight excluding hydrogens is 452 g/mol. The quantitative estimate of drug-likeness (QED) is 0.555. The average molecular weight is 479 g/mol. The zero-order chi connectivity index (χ0) is 20.8. The molecule has 1 fully saturated rings. The lowest BCUT2D eigenvalue weighted by Gasteiger charge is -2.26. The second-order valence-corrected chi connectivity index (χ2v) is 8.07. The highest BCUT2D eigenvalue weighted by molar-refractivity contribution is 9.10. The Morgan fingerprint density at radius 2 is 1.90 bits per heavy atom. The Kier molecular flexibility index (Phi) is 7.33. The summed E-state index contributed by atoms with van der Waals surface area (Å²) < 4.78 is 28.7. The standard InChI is InChI=1S/C22H27BrN2O5/c1-26-21-12-17(13-24-4-5-25-6-8-27-9-7-25)10-18(23)22(21)28-14-16-2-3-19-20(11-16)30-15-29-19/h2-3,10-12,24H,4-9,13-15H2,1H3. The molecule has 2 aromatic carbocycles. The molecule has 0 amide bonds. The van der Waals surface area contributed by atoms with E-state index in [1.165, 1.54) is 0 Å². The topological polar surface area (TPSA) is 61.4 Å². The molecule has 0 aliphatic carbocycles. The van der Waals surface area contributed by atoms with Gasteiger partial charge in [-0.05, 0) is 51.3 Å². The highest BCUT2D eigenvalue weighted by atomic mass is 79.9. The van der Waals surface area contributed by atoms with Crippen LogP contribution >= 0.6 is 15.9 Å². The number of ether oxygens (including phenoxy) is 5. The molecule has 1 N–H and O–H groups in total. The van der Waals surface area contributed by atoms with Crippen molar-refractivity contribution in [3.63, 3.8) is 0 Å². The number of morpholine rings is 1. The van der Waals surface area contributed by atoms with Crippen LogP contribution in [0.1, 0.15) is 11.1 Å². The van der Waals surface area contributed by atoms with Crippen molar-refractivity contribution in [2.24, 2.45) is 0 Å². The van der Waals surface area contributed by atoms with E-state index in [0.29, 0.717) is 18.1 Å². The number of halogens is 1. The van der Waals surface area contributed by atoms with Gasteiger partial charge in [0.05, 0.1) is 24.8 Å². The van der Waals surface area contributed by atoms with Crippen LogP contribution in [0.4, 0.5) is 0 Å². The Hall–Kier alpha value is -2.00. The molecule has 7 nitrogen and oxygen atoms in total. The lowest BCUT2D eigenvalue weighted by molar-refractivity contribution is 0.0384. The Balaban J connectivity index is 1.32. The summed E-state index contributed by atoms with van der Waals surface area (Å²) in [4.78, 5) is 2.42. The van der Waals surface area contributed by atoms with Crippen molar-refractivity contribution in [1.82, 2.24) is 10.2 Å². The van der Waals surface area contributed by atoms with E-state index in [4.69, 9.17) is 23.7 Å². The fraction of sp³-hybridized carbons (Fsp3) is 0.455. The zero-order valence-corrected chi connectivity index (χ0v) is 18.7. The van der Waals surface area contributed by atoms with E-state index in [9.17, 15) is 0 Å². The number of nitrogens with one attached hydrogen (secondary N) is 1. The SMILES string of the molecule is COc1cc(CNCCN2CCOCC2)cc(Br)c1OCc1ccc2c(c1)OCO2. The Bertz CT molecular complexity index is 858. The monoisotopic (exact) mass is 478 g/mol. The predicted octanol–water partition coefficient (Wildman–Crippen LogP) is 3.19. The van der Waals surface area contributed by atoms with Crippen molar-refractivity contribution in [2.45, 2.75) is 13.2 Å². The number of benzene rings is 2. The Morgan fingerprint density at radius 3 is 2.73 bits per heavy atom. The third-order valence-corrected chi connectivity index (χ3v) is 5.74. The van der Waals surface area contributed by atoms with Crippen LogP contribution in [0, 0.1) is 0 Å².